The Bertz CT molecular complexity index is 382. The Kier molecular flexibility index (Phi) is 3.57. The molecule has 3 nitrogen and oxygen atoms in total. The van der Waals surface area contributed by atoms with E-state index in [1.165, 1.54) is 12.0 Å². The molecule has 0 aromatic heterocycles. The molecule has 94 valence electrons. The van der Waals surface area contributed by atoms with Crippen LogP contribution in [0.1, 0.15) is 25.8 Å². The third-order valence-corrected chi connectivity index (χ3v) is 3.44. The first kappa shape index (κ1) is 12.2. The fourth-order valence-electron chi connectivity index (χ4n) is 2.88. The van der Waals surface area contributed by atoms with Gasteiger partial charge in [-0.25, -0.2) is 0 Å². The van der Waals surface area contributed by atoms with E-state index in [9.17, 15) is 5.11 Å². The summed E-state index contributed by atoms with van der Waals surface area (Å²) in [5, 5.41) is 9.40. The van der Waals surface area contributed by atoms with E-state index < -0.39 is 0 Å². The molecule has 0 bridgehead atoms. The monoisotopic (exact) mass is 234 g/mol. The van der Waals surface area contributed by atoms with Gasteiger partial charge in [0.1, 0.15) is 5.75 Å². The molecule has 1 heterocycles. The number of piperidine rings is 1. The molecule has 3 N–H and O–H groups in total. The number of rotatable bonds is 2. The third kappa shape index (κ3) is 3.13. The predicted molar refractivity (Wildman–Crippen MR) is 70.7 cm³/mol. The van der Waals surface area contributed by atoms with Gasteiger partial charge in [-0.2, -0.15) is 0 Å². The molecule has 0 aliphatic carbocycles. The zero-order chi connectivity index (χ0) is 12.4. The maximum atomic E-state index is 9.40. The molecule has 0 amide bonds. The van der Waals surface area contributed by atoms with Crippen LogP contribution in [0.2, 0.25) is 0 Å². The Morgan fingerprint density at radius 2 is 1.94 bits per heavy atom. The second-order valence-corrected chi connectivity index (χ2v) is 5.53. The van der Waals surface area contributed by atoms with E-state index in [0.717, 1.165) is 31.5 Å². The first-order valence-corrected chi connectivity index (χ1v) is 6.34. The fraction of sp³-hybridized carbons (Fsp3) is 0.571. The molecule has 3 heteroatoms. The number of nitrogens with two attached hydrogens (primary N) is 1. The van der Waals surface area contributed by atoms with Gasteiger partial charge in [0, 0.05) is 19.6 Å². The molecule has 17 heavy (non-hydrogen) atoms. The van der Waals surface area contributed by atoms with E-state index in [0.29, 0.717) is 5.69 Å². The summed E-state index contributed by atoms with van der Waals surface area (Å²) in [4.78, 5) is 2.48. The molecule has 2 atom stereocenters. The summed E-state index contributed by atoms with van der Waals surface area (Å²) in [5.41, 5.74) is 7.37. The topological polar surface area (TPSA) is 49.5 Å². The largest absolute Gasteiger partial charge is 0.506 e. The molecule has 1 aromatic rings. The molecular formula is C14H22N2O. The summed E-state index contributed by atoms with van der Waals surface area (Å²) < 4.78 is 0. The summed E-state index contributed by atoms with van der Waals surface area (Å²) >= 11 is 0. The van der Waals surface area contributed by atoms with Gasteiger partial charge < -0.3 is 10.8 Å². The van der Waals surface area contributed by atoms with Gasteiger partial charge in [0.05, 0.1) is 5.69 Å². The second-order valence-electron chi connectivity index (χ2n) is 5.53. The quantitative estimate of drug-likeness (QED) is 0.610. The Labute approximate surface area is 103 Å². The van der Waals surface area contributed by atoms with E-state index in [2.05, 4.69) is 18.7 Å². The van der Waals surface area contributed by atoms with Crippen molar-refractivity contribution in [1.29, 1.82) is 0 Å². The number of nitrogens with zero attached hydrogens (tertiary/aromatic N) is 1. The Morgan fingerprint density at radius 1 is 1.29 bits per heavy atom. The molecule has 0 saturated carbocycles. The lowest BCUT2D eigenvalue weighted by molar-refractivity contribution is 0.134. The molecule has 1 aliphatic rings. The number of hydrogen-bond donors (Lipinski definition) is 2. The summed E-state index contributed by atoms with van der Waals surface area (Å²) in [6.07, 6.45) is 1.33. The molecule has 1 fully saturated rings. The summed E-state index contributed by atoms with van der Waals surface area (Å²) in [5.74, 6) is 1.72. The van der Waals surface area contributed by atoms with Crippen LogP contribution in [-0.2, 0) is 6.54 Å². The second kappa shape index (κ2) is 4.96. The van der Waals surface area contributed by atoms with Crippen molar-refractivity contribution in [3.05, 3.63) is 23.8 Å². The van der Waals surface area contributed by atoms with Crippen LogP contribution in [0.3, 0.4) is 0 Å². The van der Waals surface area contributed by atoms with Gasteiger partial charge >= 0.3 is 0 Å². The highest BCUT2D eigenvalue weighted by molar-refractivity contribution is 5.53. The van der Waals surface area contributed by atoms with Gasteiger partial charge in [0.15, 0.2) is 0 Å². The molecule has 1 aromatic carbocycles. The molecule has 0 radical (unpaired) electrons. The van der Waals surface area contributed by atoms with E-state index in [1.807, 2.05) is 12.1 Å². The average Bonchev–Trinajstić information content (AvgIpc) is 2.22. The Balaban J connectivity index is 2.02. The van der Waals surface area contributed by atoms with Crippen molar-refractivity contribution in [2.75, 3.05) is 18.8 Å². The fourth-order valence-corrected chi connectivity index (χ4v) is 2.88. The van der Waals surface area contributed by atoms with Gasteiger partial charge in [-0.15, -0.1) is 0 Å². The Hall–Kier alpha value is -1.22. The number of benzene rings is 1. The molecule has 1 aliphatic heterocycles. The van der Waals surface area contributed by atoms with Crippen LogP contribution in [0.25, 0.3) is 0 Å². The highest BCUT2D eigenvalue weighted by Crippen LogP contribution is 2.25. The molecule has 1 saturated heterocycles. The minimum absolute atomic E-state index is 0.175. The average molecular weight is 234 g/mol. The van der Waals surface area contributed by atoms with Gasteiger partial charge in [-0.05, 0) is 36.0 Å². The molecular weight excluding hydrogens is 212 g/mol. The van der Waals surface area contributed by atoms with E-state index >= 15 is 0 Å². The number of hydrogen-bond acceptors (Lipinski definition) is 3. The highest BCUT2D eigenvalue weighted by Gasteiger charge is 2.21. The van der Waals surface area contributed by atoms with Crippen LogP contribution in [0.5, 0.6) is 5.75 Å². The van der Waals surface area contributed by atoms with Crippen LogP contribution in [0.4, 0.5) is 5.69 Å². The standard InChI is InChI=1S/C14H22N2O/c1-10-5-11(2)8-16(7-10)9-12-3-4-14(17)13(15)6-12/h3-4,6,10-11,17H,5,7-9,15H2,1-2H3. The van der Waals surface area contributed by atoms with Crippen molar-refractivity contribution in [2.24, 2.45) is 11.8 Å². The molecule has 2 unspecified atom stereocenters. The minimum Gasteiger partial charge on any atom is -0.506 e. The molecule has 0 spiro atoms. The predicted octanol–water partition coefficient (Wildman–Crippen LogP) is 2.45. The van der Waals surface area contributed by atoms with Crippen molar-refractivity contribution in [3.8, 4) is 5.75 Å². The first-order valence-electron chi connectivity index (χ1n) is 6.34. The van der Waals surface area contributed by atoms with Gasteiger partial charge in [-0.1, -0.05) is 19.9 Å². The number of aromatic hydroxyl groups is 1. The molecule has 2 rings (SSSR count). The highest BCUT2D eigenvalue weighted by atomic mass is 16.3. The van der Waals surface area contributed by atoms with Crippen molar-refractivity contribution in [3.63, 3.8) is 0 Å². The summed E-state index contributed by atoms with van der Waals surface area (Å²) in [6.45, 7) is 7.87. The number of phenols is 1. The van der Waals surface area contributed by atoms with Crippen LogP contribution < -0.4 is 5.73 Å². The van der Waals surface area contributed by atoms with Crippen LogP contribution in [0, 0.1) is 11.8 Å². The number of phenolic OH excluding ortho intramolecular Hbond substituents is 1. The summed E-state index contributed by atoms with van der Waals surface area (Å²) in [6, 6.07) is 5.51. The SMILES string of the molecule is CC1CC(C)CN(Cc2ccc(O)c(N)c2)C1. The Morgan fingerprint density at radius 3 is 2.53 bits per heavy atom. The zero-order valence-electron chi connectivity index (χ0n) is 10.7. The number of anilines is 1. The van der Waals surface area contributed by atoms with Gasteiger partial charge in [-0.3, -0.25) is 4.90 Å². The first-order chi connectivity index (χ1) is 8.04. The van der Waals surface area contributed by atoms with E-state index in [-0.39, 0.29) is 5.75 Å². The van der Waals surface area contributed by atoms with Crippen molar-refractivity contribution >= 4 is 5.69 Å². The number of likely N-dealkylation sites (tertiary alicyclic amines) is 1. The van der Waals surface area contributed by atoms with Gasteiger partial charge in [0.25, 0.3) is 0 Å². The normalized spacial score (nSPS) is 26.0. The minimum atomic E-state index is 0.175. The maximum absolute atomic E-state index is 9.40. The van der Waals surface area contributed by atoms with E-state index in [4.69, 9.17) is 5.73 Å². The van der Waals surface area contributed by atoms with Crippen molar-refractivity contribution in [2.45, 2.75) is 26.8 Å². The van der Waals surface area contributed by atoms with Gasteiger partial charge in [0.2, 0.25) is 0 Å². The van der Waals surface area contributed by atoms with E-state index in [1.54, 1.807) is 6.07 Å². The number of nitrogen functional groups attached to an aromatic ring is 1. The van der Waals surface area contributed by atoms with Crippen LogP contribution >= 0.6 is 0 Å². The summed E-state index contributed by atoms with van der Waals surface area (Å²) in [7, 11) is 0. The van der Waals surface area contributed by atoms with Crippen LogP contribution in [-0.4, -0.2) is 23.1 Å². The lowest BCUT2D eigenvalue weighted by atomic mass is 9.91. The zero-order valence-corrected chi connectivity index (χ0v) is 10.7. The van der Waals surface area contributed by atoms with Crippen LogP contribution in [0.15, 0.2) is 18.2 Å². The third-order valence-electron chi connectivity index (χ3n) is 3.44. The van der Waals surface area contributed by atoms with Crippen molar-refractivity contribution < 1.29 is 5.11 Å². The van der Waals surface area contributed by atoms with Crippen molar-refractivity contribution in [1.82, 2.24) is 4.90 Å². The smallest absolute Gasteiger partial charge is 0.138 e. The lowest BCUT2D eigenvalue weighted by Crippen LogP contribution is -2.38. The lowest BCUT2D eigenvalue weighted by Gasteiger charge is -2.35. The maximum Gasteiger partial charge on any atom is 0.138 e.